The highest BCUT2D eigenvalue weighted by molar-refractivity contribution is 5.67. The zero-order valence-electron chi connectivity index (χ0n) is 13.0. The number of hydrogen-bond donors (Lipinski definition) is 1. The highest BCUT2D eigenvalue weighted by Crippen LogP contribution is 2.32. The number of aryl methyl sites for hydroxylation is 1. The molecule has 1 atom stereocenters. The van der Waals surface area contributed by atoms with Gasteiger partial charge in [-0.25, -0.2) is 0 Å². The van der Waals surface area contributed by atoms with E-state index in [9.17, 15) is 0 Å². The molecule has 2 aromatic rings. The van der Waals surface area contributed by atoms with Gasteiger partial charge in [-0.3, -0.25) is 0 Å². The Morgan fingerprint density at radius 3 is 2.52 bits per heavy atom. The molecule has 0 aromatic heterocycles. The van der Waals surface area contributed by atoms with Crippen LogP contribution >= 0.6 is 0 Å². The Balaban J connectivity index is 1.93. The number of para-hydroxylation sites is 1. The first-order valence-corrected chi connectivity index (χ1v) is 7.92. The highest BCUT2D eigenvalue weighted by atomic mass is 15.1. The summed E-state index contributed by atoms with van der Waals surface area (Å²) in [6.07, 6.45) is 3.73. The van der Waals surface area contributed by atoms with Crippen molar-refractivity contribution in [1.82, 2.24) is 5.32 Å². The molecule has 0 spiro atoms. The van der Waals surface area contributed by atoms with Crippen LogP contribution in [0, 0.1) is 0 Å². The van der Waals surface area contributed by atoms with E-state index in [2.05, 4.69) is 65.7 Å². The van der Waals surface area contributed by atoms with Crippen molar-refractivity contribution < 1.29 is 0 Å². The minimum absolute atomic E-state index is 0.399. The summed E-state index contributed by atoms with van der Waals surface area (Å²) in [5, 5.41) is 3.29. The van der Waals surface area contributed by atoms with Crippen molar-refractivity contribution in [3.8, 4) is 0 Å². The van der Waals surface area contributed by atoms with Crippen LogP contribution in [0.15, 0.2) is 48.5 Å². The fourth-order valence-corrected chi connectivity index (χ4v) is 3.07. The van der Waals surface area contributed by atoms with Gasteiger partial charge in [0.1, 0.15) is 0 Å². The van der Waals surface area contributed by atoms with Crippen molar-refractivity contribution >= 4 is 11.4 Å². The quantitative estimate of drug-likeness (QED) is 0.894. The number of fused-ring (bicyclic) bond motifs is 1. The summed E-state index contributed by atoms with van der Waals surface area (Å²) in [6, 6.07) is 18.2. The Kier molecular flexibility index (Phi) is 4.26. The van der Waals surface area contributed by atoms with E-state index in [-0.39, 0.29) is 0 Å². The lowest BCUT2D eigenvalue weighted by molar-refractivity contribution is 0.652. The maximum atomic E-state index is 3.29. The average molecular weight is 280 g/mol. The van der Waals surface area contributed by atoms with Gasteiger partial charge in [0.25, 0.3) is 0 Å². The van der Waals surface area contributed by atoms with Gasteiger partial charge in [0, 0.05) is 24.0 Å². The monoisotopic (exact) mass is 280 g/mol. The number of hydrogen-bond acceptors (Lipinski definition) is 2. The average Bonchev–Trinajstić information content (AvgIpc) is 2.77. The van der Waals surface area contributed by atoms with Gasteiger partial charge in [0.05, 0.1) is 0 Å². The second-order valence-corrected chi connectivity index (χ2v) is 5.84. The second kappa shape index (κ2) is 6.31. The summed E-state index contributed by atoms with van der Waals surface area (Å²) in [4.78, 5) is 2.47. The van der Waals surface area contributed by atoms with Crippen LogP contribution in [-0.4, -0.2) is 13.6 Å². The molecule has 1 heterocycles. The molecule has 2 nitrogen and oxygen atoms in total. The zero-order valence-corrected chi connectivity index (χ0v) is 13.0. The molecular formula is C19H24N2. The van der Waals surface area contributed by atoms with Gasteiger partial charge in [-0.15, -0.1) is 0 Å². The number of benzene rings is 2. The predicted molar refractivity (Wildman–Crippen MR) is 90.3 cm³/mol. The molecule has 0 radical (unpaired) electrons. The third-order valence-electron chi connectivity index (χ3n) is 4.50. The molecule has 0 saturated carbocycles. The van der Waals surface area contributed by atoms with Crippen molar-refractivity contribution in [2.24, 2.45) is 0 Å². The normalized spacial score (nSPS) is 16.2. The Morgan fingerprint density at radius 1 is 1.00 bits per heavy atom. The number of anilines is 2. The first-order valence-electron chi connectivity index (χ1n) is 7.92. The molecule has 2 aromatic carbocycles. The van der Waals surface area contributed by atoms with Crippen LogP contribution in [0.5, 0.6) is 0 Å². The Bertz CT molecular complexity index is 589. The molecule has 1 aliphatic heterocycles. The second-order valence-electron chi connectivity index (χ2n) is 5.84. The van der Waals surface area contributed by atoms with Crippen LogP contribution in [0.25, 0.3) is 0 Å². The van der Waals surface area contributed by atoms with Crippen LogP contribution in [0.1, 0.15) is 36.9 Å². The summed E-state index contributed by atoms with van der Waals surface area (Å²) >= 11 is 0. The Labute approximate surface area is 127 Å². The molecule has 3 rings (SSSR count). The molecular weight excluding hydrogens is 256 g/mol. The van der Waals surface area contributed by atoms with E-state index in [1.807, 2.05) is 7.05 Å². The highest BCUT2D eigenvalue weighted by Gasteiger charge is 2.16. The van der Waals surface area contributed by atoms with Crippen molar-refractivity contribution in [3.63, 3.8) is 0 Å². The third kappa shape index (κ3) is 2.96. The maximum absolute atomic E-state index is 3.29. The number of nitrogens with one attached hydrogen (secondary N) is 1. The fraction of sp³-hybridized carbons (Fsp3) is 0.368. The first-order chi connectivity index (χ1) is 10.3. The molecule has 110 valence electrons. The van der Waals surface area contributed by atoms with Gasteiger partial charge < -0.3 is 10.2 Å². The summed E-state index contributed by atoms with van der Waals surface area (Å²) < 4.78 is 0. The summed E-state index contributed by atoms with van der Waals surface area (Å²) in [7, 11) is 2.00. The lowest BCUT2D eigenvalue weighted by atomic mass is 10.1. The number of rotatable bonds is 3. The van der Waals surface area contributed by atoms with E-state index < -0.39 is 0 Å². The van der Waals surface area contributed by atoms with Crippen LogP contribution < -0.4 is 10.2 Å². The third-order valence-corrected chi connectivity index (χ3v) is 4.50. The summed E-state index contributed by atoms with van der Waals surface area (Å²) in [5.74, 6) is 0. The van der Waals surface area contributed by atoms with Gasteiger partial charge in [-0.2, -0.15) is 0 Å². The summed E-state index contributed by atoms with van der Waals surface area (Å²) in [5.41, 5.74) is 5.49. The van der Waals surface area contributed by atoms with E-state index in [4.69, 9.17) is 0 Å². The first kappa shape index (κ1) is 14.2. The topological polar surface area (TPSA) is 15.3 Å². The lowest BCUT2D eigenvalue weighted by Crippen LogP contribution is -2.18. The SMILES string of the molecule is CNC(C)c1ccc(N2CCCCc3ccccc32)cc1. The van der Waals surface area contributed by atoms with E-state index in [0.29, 0.717) is 6.04 Å². The van der Waals surface area contributed by atoms with E-state index in [1.165, 1.54) is 41.8 Å². The molecule has 0 fully saturated rings. The molecule has 1 aliphatic rings. The van der Waals surface area contributed by atoms with Crippen LogP contribution in [0.4, 0.5) is 11.4 Å². The van der Waals surface area contributed by atoms with Gasteiger partial charge in [0.2, 0.25) is 0 Å². The lowest BCUT2D eigenvalue weighted by Gasteiger charge is -2.25. The van der Waals surface area contributed by atoms with Crippen molar-refractivity contribution in [2.75, 3.05) is 18.5 Å². The minimum atomic E-state index is 0.399. The van der Waals surface area contributed by atoms with E-state index in [0.717, 1.165) is 6.54 Å². The molecule has 1 N–H and O–H groups in total. The van der Waals surface area contributed by atoms with Crippen LogP contribution in [-0.2, 0) is 6.42 Å². The fourth-order valence-electron chi connectivity index (χ4n) is 3.07. The molecule has 2 heteroatoms. The van der Waals surface area contributed by atoms with E-state index in [1.54, 1.807) is 0 Å². The maximum Gasteiger partial charge on any atom is 0.0443 e. The molecule has 0 bridgehead atoms. The van der Waals surface area contributed by atoms with Crippen molar-refractivity contribution in [2.45, 2.75) is 32.2 Å². The van der Waals surface area contributed by atoms with Gasteiger partial charge in [-0.1, -0.05) is 30.3 Å². The van der Waals surface area contributed by atoms with Crippen LogP contribution in [0.3, 0.4) is 0 Å². The molecule has 0 amide bonds. The Hall–Kier alpha value is -1.80. The van der Waals surface area contributed by atoms with Gasteiger partial charge in [0.15, 0.2) is 0 Å². The molecule has 1 unspecified atom stereocenters. The standard InChI is InChI=1S/C19H24N2/c1-15(20-2)16-10-12-18(13-11-16)21-14-6-5-8-17-7-3-4-9-19(17)21/h3-4,7,9-13,15,20H,5-6,8,14H2,1-2H3. The minimum Gasteiger partial charge on any atom is -0.341 e. The van der Waals surface area contributed by atoms with Gasteiger partial charge >= 0.3 is 0 Å². The zero-order chi connectivity index (χ0) is 14.7. The van der Waals surface area contributed by atoms with Crippen molar-refractivity contribution in [1.29, 1.82) is 0 Å². The predicted octanol–water partition coefficient (Wildman–Crippen LogP) is 4.44. The van der Waals surface area contributed by atoms with Gasteiger partial charge in [-0.05, 0) is 62.6 Å². The van der Waals surface area contributed by atoms with E-state index >= 15 is 0 Å². The Morgan fingerprint density at radius 2 is 1.76 bits per heavy atom. The summed E-state index contributed by atoms with van der Waals surface area (Å²) in [6.45, 7) is 3.30. The number of nitrogens with zero attached hydrogens (tertiary/aromatic N) is 1. The van der Waals surface area contributed by atoms with Crippen molar-refractivity contribution in [3.05, 3.63) is 59.7 Å². The molecule has 21 heavy (non-hydrogen) atoms. The molecule has 0 aliphatic carbocycles. The van der Waals surface area contributed by atoms with Crippen LogP contribution in [0.2, 0.25) is 0 Å². The molecule has 0 saturated heterocycles. The largest absolute Gasteiger partial charge is 0.341 e. The smallest absolute Gasteiger partial charge is 0.0443 e.